The van der Waals surface area contributed by atoms with Crippen LogP contribution in [0.25, 0.3) is 10.8 Å². The van der Waals surface area contributed by atoms with Crippen LogP contribution in [0.5, 0.6) is 11.5 Å². The molecule has 0 radical (unpaired) electrons. The third-order valence-electron chi connectivity index (χ3n) is 4.60. The number of benzene rings is 3. The van der Waals surface area contributed by atoms with Gasteiger partial charge in [0.2, 0.25) is 5.13 Å². The van der Waals surface area contributed by atoms with Gasteiger partial charge in [-0.05, 0) is 42.1 Å². The zero-order chi connectivity index (χ0) is 22.3. The normalized spacial score (nSPS) is 10.9. The van der Waals surface area contributed by atoms with E-state index in [1.165, 1.54) is 11.3 Å². The van der Waals surface area contributed by atoms with Crippen molar-refractivity contribution in [3.8, 4) is 11.5 Å². The summed E-state index contributed by atoms with van der Waals surface area (Å²) in [6.45, 7) is 1.79. The molecule has 1 heterocycles. The maximum absolute atomic E-state index is 12.5. The predicted octanol–water partition coefficient (Wildman–Crippen LogP) is 5.08. The molecule has 0 spiro atoms. The third kappa shape index (κ3) is 5.22. The second-order valence-electron chi connectivity index (χ2n) is 6.94. The second kappa shape index (κ2) is 9.93. The van der Waals surface area contributed by atoms with Crippen molar-refractivity contribution < 1.29 is 14.3 Å². The first-order valence-electron chi connectivity index (χ1n) is 9.92. The first kappa shape index (κ1) is 21.3. The molecule has 4 rings (SSSR count). The lowest BCUT2D eigenvalue weighted by Gasteiger charge is -2.12. The second-order valence-corrected chi connectivity index (χ2v) is 7.80. The lowest BCUT2D eigenvalue weighted by molar-refractivity contribution is -0.118. The van der Waals surface area contributed by atoms with Gasteiger partial charge in [0.05, 0.1) is 19.0 Å². The molecule has 0 aliphatic heterocycles. The van der Waals surface area contributed by atoms with Gasteiger partial charge in [0.25, 0.3) is 5.91 Å². The molecule has 0 atom stereocenters. The number of anilines is 2. The molecule has 0 unspecified atom stereocenters. The van der Waals surface area contributed by atoms with Crippen LogP contribution in [0.4, 0.5) is 10.8 Å². The molecule has 0 aliphatic rings. The maximum atomic E-state index is 12.5. The van der Waals surface area contributed by atoms with E-state index in [9.17, 15) is 4.79 Å². The molecule has 7 nitrogen and oxygen atoms in total. The molecule has 0 saturated carbocycles. The van der Waals surface area contributed by atoms with Crippen LogP contribution in [0.1, 0.15) is 11.3 Å². The van der Waals surface area contributed by atoms with Gasteiger partial charge >= 0.3 is 0 Å². The van der Waals surface area contributed by atoms with Crippen molar-refractivity contribution in [3.05, 3.63) is 77.3 Å². The molecular weight excluding hydrogens is 424 g/mol. The summed E-state index contributed by atoms with van der Waals surface area (Å²) < 4.78 is 11.1. The fraction of sp³-hybridized carbons (Fsp3) is 0.125. The highest BCUT2D eigenvalue weighted by Crippen LogP contribution is 2.28. The Hall–Kier alpha value is -3.91. The van der Waals surface area contributed by atoms with Crippen molar-refractivity contribution in [2.24, 2.45) is 5.10 Å². The van der Waals surface area contributed by atoms with Gasteiger partial charge in [-0.1, -0.05) is 36.4 Å². The minimum absolute atomic E-state index is 0.141. The average molecular weight is 447 g/mol. The minimum atomic E-state index is -0.253. The molecule has 1 aromatic heterocycles. The molecule has 8 heteroatoms. The summed E-state index contributed by atoms with van der Waals surface area (Å²) in [5, 5.41) is 11.8. The Morgan fingerprint density at radius 2 is 1.97 bits per heavy atom. The number of hydrogen-bond acceptors (Lipinski definition) is 7. The van der Waals surface area contributed by atoms with Crippen LogP contribution < -0.4 is 20.2 Å². The number of thiazole rings is 1. The molecule has 0 bridgehead atoms. The standard InChI is InChI=1S/C24H22N4O3S/c1-16-15-32-24(26-16)28-25-13-17-10-11-21(22(12-17)30-2)31-14-23(29)27-20-9-5-7-18-6-3-4-8-19(18)20/h3-13,15H,14H2,1-2H3,(H,26,28)(H,27,29). The molecule has 0 fully saturated rings. The monoisotopic (exact) mass is 446 g/mol. The van der Waals surface area contributed by atoms with E-state index in [0.29, 0.717) is 11.5 Å². The SMILES string of the molecule is COc1cc(C=NNc2nc(C)cs2)ccc1OCC(=O)Nc1cccc2ccccc12. The van der Waals surface area contributed by atoms with E-state index < -0.39 is 0 Å². The van der Waals surface area contributed by atoms with Crippen LogP contribution in [-0.2, 0) is 4.79 Å². The van der Waals surface area contributed by atoms with Crippen molar-refractivity contribution >= 4 is 45.0 Å². The van der Waals surface area contributed by atoms with Crippen molar-refractivity contribution in [2.45, 2.75) is 6.92 Å². The Labute approximate surface area is 189 Å². The fourth-order valence-corrected chi connectivity index (χ4v) is 3.75. The summed E-state index contributed by atoms with van der Waals surface area (Å²) in [7, 11) is 1.55. The summed E-state index contributed by atoms with van der Waals surface area (Å²) in [6, 6.07) is 19.0. The number of nitrogens with one attached hydrogen (secondary N) is 2. The number of methoxy groups -OCH3 is 1. The van der Waals surface area contributed by atoms with Crippen LogP contribution in [0.2, 0.25) is 0 Å². The number of aryl methyl sites for hydroxylation is 1. The first-order valence-corrected chi connectivity index (χ1v) is 10.8. The predicted molar refractivity (Wildman–Crippen MR) is 129 cm³/mol. The number of carbonyl (C=O) groups excluding carboxylic acids is 1. The molecule has 1 amide bonds. The molecule has 4 aromatic rings. The van der Waals surface area contributed by atoms with Crippen LogP contribution in [0, 0.1) is 6.92 Å². The molecule has 0 saturated heterocycles. The summed E-state index contributed by atoms with van der Waals surface area (Å²) in [4.78, 5) is 16.8. The van der Waals surface area contributed by atoms with Gasteiger partial charge in [-0.25, -0.2) is 4.98 Å². The Morgan fingerprint density at radius 1 is 1.12 bits per heavy atom. The molecular formula is C24H22N4O3S. The molecule has 3 aromatic carbocycles. The lowest BCUT2D eigenvalue weighted by atomic mass is 10.1. The number of rotatable bonds is 8. The van der Waals surface area contributed by atoms with E-state index in [2.05, 4.69) is 20.8 Å². The summed E-state index contributed by atoms with van der Waals surface area (Å²) in [5.74, 6) is 0.732. The van der Waals surface area contributed by atoms with E-state index in [-0.39, 0.29) is 12.5 Å². The van der Waals surface area contributed by atoms with Gasteiger partial charge < -0.3 is 14.8 Å². The quantitative estimate of drug-likeness (QED) is 0.291. The number of amides is 1. The van der Waals surface area contributed by atoms with E-state index in [4.69, 9.17) is 9.47 Å². The lowest BCUT2D eigenvalue weighted by Crippen LogP contribution is -2.20. The van der Waals surface area contributed by atoms with Crippen molar-refractivity contribution in [2.75, 3.05) is 24.5 Å². The number of hydrazone groups is 1. The topological polar surface area (TPSA) is 84.8 Å². The zero-order valence-corrected chi connectivity index (χ0v) is 18.5. The van der Waals surface area contributed by atoms with Gasteiger partial charge in [-0.15, -0.1) is 11.3 Å². The smallest absolute Gasteiger partial charge is 0.262 e. The largest absolute Gasteiger partial charge is 0.493 e. The zero-order valence-electron chi connectivity index (χ0n) is 17.7. The molecule has 162 valence electrons. The highest BCUT2D eigenvalue weighted by molar-refractivity contribution is 7.13. The number of ether oxygens (including phenoxy) is 2. The number of fused-ring (bicyclic) bond motifs is 1. The molecule has 32 heavy (non-hydrogen) atoms. The first-order chi connectivity index (χ1) is 15.6. The highest BCUT2D eigenvalue weighted by Gasteiger charge is 2.10. The van der Waals surface area contributed by atoms with Crippen molar-refractivity contribution in [3.63, 3.8) is 0 Å². The highest BCUT2D eigenvalue weighted by atomic mass is 32.1. The maximum Gasteiger partial charge on any atom is 0.262 e. The summed E-state index contributed by atoms with van der Waals surface area (Å²) >= 11 is 1.49. The van der Waals surface area contributed by atoms with Crippen LogP contribution in [0.15, 0.2) is 71.1 Å². The van der Waals surface area contributed by atoms with Crippen LogP contribution in [0.3, 0.4) is 0 Å². The summed E-state index contributed by atoms with van der Waals surface area (Å²) in [5.41, 5.74) is 5.40. The van der Waals surface area contributed by atoms with E-state index in [1.807, 2.05) is 60.8 Å². The number of carbonyl (C=O) groups is 1. The molecule has 0 aliphatic carbocycles. The third-order valence-corrected chi connectivity index (χ3v) is 5.47. The summed E-state index contributed by atoms with van der Waals surface area (Å²) in [6.07, 6.45) is 1.66. The van der Waals surface area contributed by atoms with Crippen LogP contribution in [-0.4, -0.2) is 30.8 Å². The van der Waals surface area contributed by atoms with E-state index in [0.717, 1.165) is 32.8 Å². The van der Waals surface area contributed by atoms with E-state index in [1.54, 1.807) is 25.5 Å². The fourth-order valence-electron chi connectivity index (χ4n) is 3.12. The van der Waals surface area contributed by atoms with E-state index >= 15 is 0 Å². The number of nitrogens with zero attached hydrogens (tertiary/aromatic N) is 2. The van der Waals surface area contributed by atoms with Gasteiger partial charge in [-0.3, -0.25) is 10.2 Å². The Kier molecular flexibility index (Phi) is 6.62. The molecule has 2 N–H and O–H groups in total. The van der Waals surface area contributed by atoms with Gasteiger partial charge in [0.15, 0.2) is 18.1 Å². The number of aromatic nitrogens is 1. The Balaban J connectivity index is 1.37. The van der Waals surface area contributed by atoms with Crippen molar-refractivity contribution in [1.29, 1.82) is 0 Å². The van der Waals surface area contributed by atoms with Gasteiger partial charge in [0, 0.05) is 16.5 Å². The Bertz CT molecular complexity index is 1260. The number of hydrogen-bond donors (Lipinski definition) is 2. The van der Waals surface area contributed by atoms with Gasteiger partial charge in [-0.2, -0.15) is 5.10 Å². The van der Waals surface area contributed by atoms with Gasteiger partial charge in [0.1, 0.15) is 0 Å². The van der Waals surface area contributed by atoms with Crippen LogP contribution >= 0.6 is 11.3 Å². The van der Waals surface area contributed by atoms with Crippen molar-refractivity contribution in [1.82, 2.24) is 4.98 Å². The minimum Gasteiger partial charge on any atom is -0.493 e. The average Bonchev–Trinajstić information content (AvgIpc) is 3.23. The Morgan fingerprint density at radius 3 is 2.78 bits per heavy atom.